The van der Waals surface area contributed by atoms with Gasteiger partial charge in [-0.3, -0.25) is 4.68 Å². The Morgan fingerprint density at radius 1 is 1.50 bits per heavy atom. The van der Waals surface area contributed by atoms with Gasteiger partial charge < -0.3 is 5.73 Å². The molecule has 12 heavy (non-hydrogen) atoms. The Kier molecular flexibility index (Phi) is 2.24. The average molecular weight is 167 g/mol. The molecule has 68 valence electrons. The first-order chi connectivity index (χ1) is 5.45. The molecule has 0 bridgehead atoms. The molecule has 1 aromatic rings. The van der Waals surface area contributed by atoms with Crippen LogP contribution in [0.3, 0.4) is 0 Å². The van der Waals surface area contributed by atoms with Crippen molar-refractivity contribution in [1.29, 1.82) is 0 Å². The first-order valence-electron chi connectivity index (χ1n) is 4.18. The fraction of sp³-hybridized carbons (Fsp3) is 0.667. The minimum atomic E-state index is 0.148. The summed E-state index contributed by atoms with van der Waals surface area (Å²) >= 11 is 0. The number of nitrogens with zero attached hydrogens (tertiary/aromatic N) is 2. The van der Waals surface area contributed by atoms with E-state index in [0.29, 0.717) is 6.54 Å². The second-order valence-corrected chi connectivity index (χ2v) is 4.10. The van der Waals surface area contributed by atoms with E-state index in [-0.39, 0.29) is 5.41 Å². The molecule has 0 aromatic carbocycles. The molecule has 0 aliphatic carbocycles. The Morgan fingerprint density at radius 2 is 2.08 bits per heavy atom. The van der Waals surface area contributed by atoms with Crippen LogP contribution in [0.25, 0.3) is 0 Å². The lowest BCUT2D eigenvalue weighted by Gasteiger charge is -2.17. The number of rotatable bonds is 1. The smallest absolute Gasteiger partial charge is 0.0763 e. The summed E-state index contributed by atoms with van der Waals surface area (Å²) in [7, 11) is 1.96. The second kappa shape index (κ2) is 2.90. The number of hydrogen-bond acceptors (Lipinski definition) is 2. The highest BCUT2D eigenvalue weighted by molar-refractivity contribution is 5.17. The molecule has 0 radical (unpaired) electrons. The van der Waals surface area contributed by atoms with Gasteiger partial charge in [0, 0.05) is 24.7 Å². The Balaban J connectivity index is 3.08. The van der Waals surface area contributed by atoms with Gasteiger partial charge in [-0.1, -0.05) is 20.8 Å². The summed E-state index contributed by atoms with van der Waals surface area (Å²) in [6, 6.07) is 2.07. The van der Waals surface area contributed by atoms with Crippen molar-refractivity contribution in [3.8, 4) is 0 Å². The van der Waals surface area contributed by atoms with E-state index in [2.05, 4.69) is 31.9 Å². The lowest BCUT2D eigenvalue weighted by Crippen LogP contribution is -2.16. The maximum atomic E-state index is 5.50. The first kappa shape index (κ1) is 9.26. The minimum Gasteiger partial charge on any atom is -0.325 e. The second-order valence-electron chi connectivity index (χ2n) is 4.10. The third-order valence-electron chi connectivity index (χ3n) is 1.91. The van der Waals surface area contributed by atoms with Gasteiger partial charge in [0.25, 0.3) is 0 Å². The molecule has 1 rings (SSSR count). The SMILES string of the molecule is Cn1nc(CN)cc1C(C)(C)C. The van der Waals surface area contributed by atoms with Crippen molar-refractivity contribution in [1.82, 2.24) is 9.78 Å². The molecule has 0 saturated carbocycles. The van der Waals surface area contributed by atoms with Crippen LogP contribution >= 0.6 is 0 Å². The molecule has 0 unspecified atom stereocenters. The number of hydrogen-bond donors (Lipinski definition) is 1. The van der Waals surface area contributed by atoms with Crippen LogP contribution in [0.5, 0.6) is 0 Å². The van der Waals surface area contributed by atoms with Crippen molar-refractivity contribution in [2.24, 2.45) is 12.8 Å². The van der Waals surface area contributed by atoms with E-state index in [1.54, 1.807) is 0 Å². The van der Waals surface area contributed by atoms with Crippen LogP contribution in [0, 0.1) is 0 Å². The van der Waals surface area contributed by atoms with Crippen molar-refractivity contribution in [3.63, 3.8) is 0 Å². The normalized spacial score (nSPS) is 12.1. The third-order valence-corrected chi connectivity index (χ3v) is 1.91. The van der Waals surface area contributed by atoms with E-state index in [0.717, 1.165) is 5.69 Å². The molecule has 0 aliphatic heterocycles. The van der Waals surface area contributed by atoms with Crippen LogP contribution in [0.15, 0.2) is 6.07 Å². The van der Waals surface area contributed by atoms with E-state index in [1.807, 2.05) is 11.7 Å². The Hall–Kier alpha value is -0.830. The Morgan fingerprint density at radius 3 is 2.33 bits per heavy atom. The summed E-state index contributed by atoms with van der Waals surface area (Å²) in [5, 5.41) is 4.29. The molecule has 3 heteroatoms. The van der Waals surface area contributed by atoms with E-state index in [4.69, 9.17) is 5.73 Å². The highest BCUT2D eigenvalue weighted by atomic mass is 15.3. The molecule has 1 heterocycles. The summed E-state index contributed by atoms with van der Waals surface area (Å²) in [5.74, 6) is 0. The number of aryl methyl sites for hydroxylation is 1. The summed E-state index contributed by atoms with van der Waals surface area (Å²) in [6.07, 6.45) is 0. The molecule has 0 fully saturated rings. The fourth-order valence-electron chi connectivity index (χ4n) is 1.33. The maximum absolute atomic E-state index is 5.50. The zero-order valence-corrected chi connectivity index (χ0v) is 8.26. The van der Waals surface area contributed by atoms with Gasteiger partial charge in [0.2, 0.25) is 0 Å². The summed E-state index contributed by atoms with van der Waals surface area (Å²) in [6.45, 7) is 7.03. The fourth-order valence-corrected chi connectivity index (χ4v) is 1.33. The summed E-state index contributed by atoms with van der Waals surface area (Å²) < 4.78 is 1.90. The van der Waals surface area contributed by atoms with Gasteiger partial charge in [0.1, 0.15) is 0 Å². The highest BCUT2D eigenvalue weighted by Crippen LogP contribution is 2.21. The van der Waals surface area contributed by atoms with Gasteiger partial charge >= 0.3 is 0 Å². The van der Waals surface area contributed by atoms with Crippen molar-refractivity contribution in [2.45, 2.75) is 32.7 Å². The molecule has 0 spiro atoms. The zero-order valence-electron chi connectivity index (χ0n) is 8.26. The number of aromatic nitrogens is 2. The van der Waals surface area contributed by atoms with Gasteiger partial charge in [-0.25, -0.2) is 0 Å². The van der Waals surface area contributed by atoms with E-state index in [1.165, 1.54) is 5.69 Å². The van der Waals surface area contributed by atoms with Crippen LogP contribution in [-0.4, -0.2) is 9.78 Å². The third kappa shape index (κ3) is 1.67. The predicted octanol–water partition coefficient (Wildman–Crippen LogP) is 1.18. The first-order valence-corrected chi connectivity index (χ1v) is 4.18. The molecular formula is C9H17N3. The molecule has 0 atom stereocenters. The molecule has 0 aliphatic rings. The van der Waals surface area contributed by atoms with Crippen molar-refractivity contribution in [3.05, 3.63) is 17.5 Å². The quantitative estimate of drug-likeness (QED) is 0.682. The summed E-state index contributed by atoms with van der Waals surface area (Å²) in [4.78, 5) is 0. The van der Waals surface area contributed by atoms with Crippen molar-refractivity contribution >= 4 is 0 Å². The average Bonchev–Trinajstić information content (AvgIpc) is 2.29. The van der Waals surface area contributed by atoms with E-state index >= 15 is 0 Å². The van der Waals surface area contributed by atoms with Crippen molar-refractivity contribution in [2.75, 3.05) is 0 Å². The number of nitrogens with two attached hydrogens (primary N) is 1. The topological polar surface area (TPSA) is 43.8 Å². The standard InChI is InChI=1S/C9H17N3/c1-9(2,3)8-5-7(6-10)11-12(8)4/h5H,6,10H2,1-4H3. The van der Waals surface area contributed by atoms with Crippen LogP contribution in [0.4, 0.5) is 0 Å². The van der Waals surface area contributed by atoms with Gasteiger partial charge in [0.15, 0.2) is 0 Å². The monoisotopic (exact) mass is 167 g/mol. The van der Waals surface area contributed by atoms with Crippen LogP contribution < -0.4 is 5.73 Å². The largest absolute Gasteiger partial charge is 0.325 e. The lowest BCUT2D eigenvalue weighted by atomic mass is 9.92. The Bertz CT molecular complexity index is 268. The van der Waals surface area contributed by atoms with Crippen LogP contribution in [-0.2, 0) is 19.0 Å². The molecule has 0 amide bonds. The van der Waals surface area contributed by atoms with Gasteiger partial charge in [-0.2, -0.15) is 5.10 Å². The minimum absolute atomic E-state index is 0.148. The maximum Gasteiger partial charge on any atom is 0.0763 e. The van der Waals surface area contributed by atoms with Crippen LogP contribution in [0.1, 0.15) is 32.2 Å². The highest BCUT2D eigenvalue weighted by Gasteiger charge is 2.18. The van der Waals surface area contributed by atoms with E-state index < -0.39 is 0 Å². The van der Waals surface area contributed by atoms with Gasteiger partial charge in [-0.05, 0) is 6.07 Å². The molecule has 0 saturated heterocycles. The van der Waals surface area contributed by atoms with Crippen LogP contribution in [0.2, 0.25) is 0 Å². The predicted molar refractivity (Wildman–Crippen MR) is 49.8 cm³/mol. The molecule has 2 N–H and O–H groups in total. The van der Waals surface area contributed by atoms with Crippen molar-refractivity contribution < 1.29 is 0 Å². The van der Waals surface area contributed by atoms with E-state index in [9.17, 15) is 0 Å². The Labute approximate surface area is 73.6 Å². The zero-order chi connectivity index (χ0) is 9.35. The van der Waals surface area contributed by atoms with Gasteiger partial charge in [-0.15, -0.1) is 0 Å². The molecule has 3 nitrogen and oxygen atoms in total. The molecular weight excluding hydrogens is 150 g/mol. The van der Waals surface area contributed by atoms with Gasteiger partial charge in [0.05, 0.1) is 5.69 Å². The molecule has 1 aromatic heterocycles. The lowest BCUT2D eigenvalue weighted by molar-refractivity contribution is 0.522. The summed E-state index contributed by atoms with van der Waals surface area (Å²) in [5.41, 5.74) is 7.83.